The lowest BCUT2D eigenvalue weighted by atomic mass is 10.0. The molecule has 5 nitrogen and oxygen atoms in total. The Balaban J connectivity index is 2.31. The summed E-state index contributed by atoms with van der Waals surface area (Å²) in [6, 6.07) is 4.99. The standard InChI is InChI=1S/C22H35NO4/c1-3-4-5-6-7-8-9-10-11-15-21(25)23-19-13-12-14-20(24)18(19)16-17-22(26)27-2/h12-14,24H,3-11,15-17H2,1-2H3,(H,23,25). The fourth-order valence-electron chi connectivity index (χ4n) is 3.09. The molecule has 5 heteroatoms. The van der Waals surface area contributed by atoms with Gasteiger partial charge in [-0.1, -0.05) is 64.4 Å². The highest BCUT2D eigenvalue weighted by atomic mass is 16.5. The number of nitrogens with one attached hydrogen (secondary N) is 1. The Bertz CT molecular complexity index is 571. The monoisotopic (exact) mass is 377 g/mol. The smallest absolute Gasteiger partial charge is 0.305 e. The van der Waals surface area contributed by atoms with Crippen LogP contribution in [-0.4, -0.2) is 24.1 Å². The lowest BCUT2D eigenvalue weighted by molar-refractivity contribution is -0.140. The molecule has 0 fully saturated rings. The first-order valence-corrected chi connectivity index (χ1v) is 10.3. The summed E-state index contributed by atoms with van der Waals surface area (Å²) in [6.07, 6.45) is 11.9. The molecule has 0 heterocycles. The van der Waals surface area contributed by atoms with Crippen LogP contribution in [0.1, 0.15) is 83.1 Å². The summed E-state index contributed by atoms with van der Waals surface area (Å²) >= 11 is 0. The summed E-state index contributed by atoms with van der Waals surface area (Å²) in [5, 5.41) is 12.9. The minimum absolute atomic E-state index is 0.0529. The molecule has 152 valence electrons. The van der Waals surface area contributed by atoms with Crippen molar-refractivity contribution in [3.8, 4) is 5.75 Å². The topological polar surface area (TPSA) is 75.6 Å². The second-order valence-electron chi connectivity index (χ2n) is 7.01. The van der Waals surface area contributed by atoms with Gasteiger partial charge in [-0.2, -0.15) is 0 Å². The molecular formula is C22H35NO4. The summed E-state index contributed by atoms with van der Waals surface area (Å²) < 4.78 is 4.64. The first-order chi connectivity index (χ1) is 13.1. The van der Waals surface area contributed by atoms with E-state index in [2.05, 4.69) is 17.0 Å². The Hall–Kier alpha value is -2.04. The average molecular weight is 378 g/mol. The maximum Gasteiger partial charge on any atom is 0.305 e. The second kappa shape index (κ2) is 14.1. The summed E-state index contributed by atoms with van der Waals surface area (Å²) in [4.78, 5) is 23.5. The van der Waals surface area contributed by atoms with Crippen LogP contribution in [0.15, 0.2) is 18.2 Å². The van der Waals surface area contributed by atoms with Crippen LogP contribution in [0.25, 0.3) is 0 Å². The molecule has 0 aliphatic rings. The highest BCUT2D eigenvalue weighted by Gasteiger charge is 2.12. The van der Waals surface area contributed by atoms with Crippen LogP contribution in [0, 0.1) is 0 Å². The third-order valence-corrected chi connectivity index (χ3v) is 4.74. The fraction of sp³-hybridized carbons (Fsp3) is 0.636. The molecule has 0 unspecified atom stereocenters. The molecule has 0 bridgehead atoms. The van der Waals surface area contributed by atoms with Gasteiger partial charge in [-0.05, 0) is 25.0 Å². The number of carbonyl (C=O) groups excluding carboxylic acids is 2. The molecule has 0 radical (unpaired) electrons. The number of benzene rings is 1. The SMILES string of the molecule is CCCCCCCCCCCC(=O)Nc1cccc(O)c1CCC(=O)OC. The van der Waals surface area contributed by atoms with Gasteiger partial charge in [0.25, 0.3) is 0 Å². The van der Waals surface area contributed by atoms with Crippen LogP contribution >= 0.6 is 0 Å². The number of unbranched alkanes of at least 4 members (excludes halogenated alkanes) is 8. The number of methoxy groups -OCH3 is 1. The molecule has 2 N–H and O–H groups in total. The maximum atomic E-state index is 12.2. The number of rotatable bonds is 14. The van der Waals surface area contributed by atoms with Gasteiger partial charge >= 0.3 is 5.97 Å². The fourth-order valence-corrected chi connectivity index (χ4v) is 3.09. The molecule has 0 saturated carbocycles. The third-order valence-electron chi connectivity index (χ3n) is 4.74. The van der Waals surface area contributed by atoms with Gasteiger partial charge in [0.15, 0.2) is 0 Å². The third kappa shape index (κ3) is 10.0. The minimum atomic E-state index is -0.342. The van der Waals surface area contributed by atoms with Crippen LogP contribution in [0.4, 0.5) is 5.69 Å². The van der Waals surface area contributed by atoms with Gasteiger partial charge in [-0.15, -0.1) is 0 Å². The second-order valence-corrected chi connectivity index (χ2v) is 7.01. The molecule has 0 spiro atoms. The van der Waals surface area contributed by atoms with Crippen molar-refractivity contribution in [2.24, 2.45) is 0 Å². The molecule has 0 saturated heterocycles. The van der Waals surface area contributed by atoms with E-state index in [1.54, 1.807) is 18.2 Å². The van der Waals surface area contributed by atoms with E-state index in [0.717, 1.165) is 12.8 Å². The van der Waals surface area contributed by atoms with Crippen LogP contribution in [0.2, 0.25) is 0 Å². The lowest BCUT2D eigenvalue weighted by Crippen LogP contribution is -2.13. The Morgan fingerprint density at radius 3 is 2.22 bits per heavy atom. The first-order valence-electron chi connectivity index (χ1n) is 10.3. The zero-order chi connectivity index (χ0) is 19.9. The average Bonchev–Trinajstić information content (AvgIpc) is 2.66. The number of esters is 1. The van der Waals surface area contributed by atoms with Crippen molar-refractivity contribution in [1.82, 2.24) is 0 Å². The van der Waals surface area contributed by atoms with Gasteiger partial charge in [-0.25, -0.2) is 0 Å². The largest absolute Gasteiger partial charge is 0.508 e. The normalized spacial score (nSPS) is 10.6. The van der Waals surface area contributed by atoms with Crippen LogP contribution in [-0.2, 0) is 20.7 Å². The molecule has 1 amide bonds. The van der Waals surface area contributed by atoms with Crippen LogP contribution in [0.3, 0.4) is 0 Å². The van der Waals surface area contributed by atoms with E-state index in [4.69, 9.17) is 0 Å². The molecular weight excluding hydrogens is 342 g/mol. The number of ether oxygens (including phenoxy) is 1. The Morgan fingerprint density at radius 2 is 1.59 bits per heavy atom. The molecule has 0 aliphatic heterocycles. The van der Waals surface area contributed by atoms with Crippen molar-refractivity contribution in [3.05, 3.63) is 23.8 Å². The molecule has 1 rings (SSSR count). The van der Waals surface area contributed by atoms with E-state index in [1.165, 1.54) is 52.1 Å². The number of phenols is 1. The summed E-state index contributed by atoms with van der Waals surface area (Å²) in [6.45, 7) is 2.23. The van der Waals surface area contributed by atoms with Gasteiger partial charge in [0.05, 0.1) is 7.11 Å². The highest BCUT2D eigenvalue weighted by Crippen LogP contribution is 2.27. The zero-order valence-corrected chi connectivity index (χ0v) is 16.9. The van der Waals surface area contributed by atoms with Crippen molar-refractivity contribution < 1.29 is 19.4 Å². The predicted octanol–water partition coefficient (Wildman–Crippen LogP) is 5.36. The van der Waals surface area contributed by atoms with Crippen LogP contribution in [0.5, 0.6) is 5.75 Å². The molecule has 0 aromatic heterocycles. The zero-order valence-electron chi connectivity index (χ0n) is 16.9. The van der Waals surface area contributed by atoms with Gasteiger partial charge in [0, 0.05) is 24.1 Å². The molecule has 1 aromatic carbocycles. The van der Waals surface area contributed by atoms with E-state index in [9.17, 15) is 14.7 Å². The van der Waals surface area contributed by atoms with Crippen LogP contribution < -0.4 is 5.32 Å². The Morgan fingerprint density at radius 1 is 0.963 bits per heavy atom. The van der Waals surface area contributed by atoms with Gasteiger partial charge in [0.1, 0.15) is 5.75 Å². The Kier molecular flexibility index (Phi) is 12.0. The van der Waals surface area contributed by atoms with Crippen molar-refractivity contribution in [2.75, 3.05) is 12.4 Å². The lowest BCUT2D eigenvalue weighted by Gasteiger charge is -2.12. The van der Waals surface area contributed by atoms with E-state index in [1.807, 2.05) is 0 Å². The van der Waals surface area contributed by atoms with E-state index >= 15 is 0 Å². The summed E-state index contributed by atoms with van der Waals surface area (Å²) in [5.74, 6) is -0.312. The van der Waals surface area contributed by atoms with Crippen molar-refractivity contribution >= 4 is 17.6 Å². The van der Waals surface area contributed by atoms with E-state index in [0.29, 0.717) is 24.1 Å². The van der Waals surface area contributed by atoms with E-state index in [-0.39, 0.29) is 24.0 Å². The summed E-state index contributed by atoms with van der Waals surface area (Å²) in [7, 11) is 1.33. The number of aromatic hydroxyl groups is 1. The molecule has 0 aliphatic carbocycles. The number of hydrogen-bond acceptors (Lipinski definition) is 4. The van der Waals surface area contributed by atoms with Crippen molar-refractivity contribution in [2.45, 2.75) is 84.0 Å². The molecule has 1 aromatic rings. The van der Waals surface area contributed by atoms with Gasteiger partial charge in [0.2, 0.25) is 5.91 Å². The maximum absolute atomic E-state index is 12.2. The van der Waals surface area contributed by atoms with Gasteiger partial charge < -0.3 is 15.2 Å². The number of carbonyl (C=O) groups is 2. The molecule has 0 atom stereocenters. The number of amides is 1. The minimum Gasteiger partial charge on any atom is -0.508 e. The number of phenolic OH excluding ortho intramolecular Hbond substituents is 1. The van der Waals surface area contributed by atoms with Gasteiger partial charge in [-0.3, -0.25) is 9.59 Å². The quantitative estimate of drug-likeness (QED) is 0.338. The van der Waals surface area contributed by atoms with Crippen molar-refractivity contribution in [1.29, 1.82) is 0 Å². The first kappa shape index (κ1) is 23.0. The number of hydrogen-bond donors (Lipinski definition) is 2. The number of anilines is 1. The Labute approximate surface area is 163 Å². The highest BCUT2D eigenvalue weighted by molar-refractivity contribution is 5.92. The predicted molar refractivity (Wildman–Crippen MR) is 109 cm³/mol. The van der Waals surface area contributed by atoms with E-state index < -0.39 is 0 Å². The van der Waals surface area contributed by atoms with Crippen molar-refractivity contribution in [3.63, 3.8) is 0 Å². The molecule has 27 heavy (non-hydrogen) atoms. The summed E-state index contributed by atoms with van der Waals surface area (Å²) in [5.41, 5.74) is 1.14.